The molecule has 1 aliphatic rings. The number of aromatic nitrogens is 2. The first kappa shape index (κ1) is 12.2. The minimum atomic E-state index is -0.0220. The van der Waals surface area contributed by atoms with Crippen LogP contribution in [0.15, 0.2) is 23.0 Å². The van der Waals surface area contributed by atoms with Gasteiger partial charge in [-0.2, -0.15) is 16.4 Å². The molecule has 0 spiro atoms. The molecule has 2 aromatic rings. The molecule has 3 heterocycles. The second-order valence-electron chi connectivity index (χ2n) is 4.79. The van der Waals surface area contributed by atoms with E-state index in [0.717, 1.165) is 19.4 Å². The van der Waals surface area contributed by atoms with E-state index in [2.05, 4.69) is 21.9 Å². The molecule has 1 aliphatic heterocycles. The number of hydrogen-bond donors (Lipinski definition) is 1. The van der Waals surface area contributed by atoms with E-state index in [1.165, 1.54) is 11.8 Å². The van der Waals surface area contributed by atoms with E-state index in [-0.39, 0.29) is 11.9 Å². The summed E-state index contributed by atoms with van der Waals surface area (Å²) < 4.78 is 1.56. The lowest BCUT2D eigenvalue weighted by Gasteiger charge is -2.24. The zero-order chi connectivity index (χ0) is 13.4. The molecule has 0 radical (unpaired) electrons. The summed E-state index contributed by atoms with van der Waals surface area (Å²) >= 11 is 1.66. The second kappa shape index (κ2) is 4.70. The molecule has 5 nitrogen and oxygen atoms in total. The van der Waals surface area contributed by atoms with Gasteiger partial charge in [-0.1, -0.05) is 0 Å². The number of anilines is 1. The van der Waals surface area contributed by atoms with E-state index in [4.69, 9.17) is 5.73 Å². The number of thiophene rings is 1. The van der Waals surface area contributed by atoms with Crippen LogP contribution in [0.2, 0.25) is 0 Å². The first-order valence-corrected chi connectivity index (χ1v) is 7.23. The highest BCUT2D eigenvalue weighted by Crippen LogP contribution is 2.34. The normalized spacial score (nSPS) is 19.0. The van der Waals surface area contributed by atoms with Crippen molar-refractivity contribution in [3.63, 3.8) is 0 Å². The van der Waals surface area contributed by atoms with Gasteiger partial charge in [0.15, 0.2) is 0 Å². The van der Waals surface area contributed by atoms with Crippen LogP contribution in [0.5, 0.6) is 0 Å². The fourth-order valence-corrected chi connectivity index (χ4v) is 3.38. The van der Waals surface area contributed by atoms with Gasteiger partial charge in [-0.15, -0.1) is 0 Å². The largest absolute Gasteiger partial charge is 0.396 e. The fourth-order valence-electron chi connectivity index (χ4n) is 2.67. The van der Waals surface area contributed by atoms with Crippen LogP contribution < -0.4 is 5.73 Å². The Morgan fingerprint density at radius 1 is 1.58 bits per heavy atom. The first-order valence-electron chi connectivity index (χ1n) is 6.29. The van der Waals surface area contributed by atoms with E-state index >= 15 is 0 Å². The van der Waals surface area contributed by atoms with Gasteiger partial charge in [-0.05, 0) is 35.2 Å². The number of nitrogens with zero attached hydrogens (tertiary/aromatic N) is 3. The molecule has 1 atom stereocenters. The molecule has 1 saturated heterocycles. The molecule has 0 bridgehead atoms. The molecule has 100 valence electrons. The van der Waals surface area contributed by atoms with Gasteiger partial charge in [0.1, 0.15) is 5.69 Å². The predicted octanol–water partition coefficient (Wildman–Crippen LogP) is 2.04. The third kappa shape index (κ3) is 2.02. The summed E-state index contributed by atoms with van der Waals surface area (Å²) in [7, 11) is 1.75. The summed E-state index contributed by atoms with van der Waals surface area (Å²) in [5.41, 5.74) is 8.00. The van der Waals surface area contributed by atoms with Gasteiger partial charge < -0.3 is 10.6 Å². The molecule has 3 rings (SSSR count). The molecule has 1 amide bonds. The zero-order valence-electron chi connectivity index (χ0n) is 10.7. The predicted molar refractivity (Wildman–Crippen MR) is 75.0 cm³/mol. The van der Waals surface area contributed by atoms with Crippen LogP contribution in [0, 0.1) is 0 Å². The number of carbonyl (C=O) groups is 1. The first-order chi connectivity index (χ1) is 9.18. The Balaban J connectivity index is 1.91. The maximum atomic E-state index is 12.6. The standard InChI is InChI=1S/C13H16N4OS/c1-16-12(10(14)7-15-16)13(18)17-5-2-3-11(17)9-4-6-19-8-9/h4,6-8,11H,2-3,5,14H2,1H3. The molecule has 0 saturated carbocycles. The average Bonchev–Trinajstić information content (AvgIpc) is 3.08. The summed E-state index contributed by atoms with van der Waals surface area (Å²) in [5, 5.41) is 8.21. The van der Waals surface area contributed by atoms with Gasteiger partial charge >= 0.3 is 0 Å². The SMILES string of the molecule is Cn1ncc(N)c1C(=O)N1CCCC1c1ccsc1. The third-order valence-electron chi connectivity index (χ3n) is 3.61. The number of carbonyl (C=O) groups excluding carboxylic acids is 1. The molecular weight excluding hydrogens is 260 g/mol. The number of aryl methyl sites for hydroxylation is 1. The Morgan fingerprint density at radius 3 is 3.05 bits per heavy atom. The van der Waals surface area contributed by atoms with E-state index < -0.39 is 0 Å². The van der Waals surface area contributed by atoms with Gasteiger partial charge in [0.25, 0.3) is 5.91 Å². The van der Waals surface area contributed by atoms with Crippen molar-refractivity contribution in [3.05, 3.63) is 34.3 Å². The average molecular weight is 276 g/mol. The molecule has 2 N–H and O–H groups in total. The Kier molecular flexibility index (Phi) is 3.02. The summed E-state index contributed by atoms with van der Waals surface area (Å²) in [6.45, 7) is 0.782. The molecule has 0 aliphatic carbocycles. The summed E-state index contributed by atoms with van der Waals surface area (Å²) in [6.07, 6.45) is 3.58. The molecule has 0 aromatic carbocycles. The minimum Gasteiger partial charge on any atom is -0.396 e. The number of rotatable bonds is 2. The van der Waals surface area contributed by atoms with E-state index in [9.17, 15) is 4.79 Å². The van der Waals surface area contributed by atoms with Crippen LogP contribution in [-0.2, 0) is 7.05 Å². The van der Waals surface area contributed by atoms with Crippen molar-refractivity contribution in [2.45, 2.75) is 18.9 Å². The van der Waals surface area contributed by atoms with Gasteiger partial charge in [0.05, 0.1) is 17.9 Å². The smallest absolute Gasteiger partial charge is 0.274 e. The van der Waals surface area contributed by atoms with Crippen molar-refractivity contribution in [2.24, 2.45) is 7.05 Å². The molecule has 1 unspecified atom stereocenters. The summed E-state index contributed by atoms with van der Waals surface area (Å²) in [5.74, 6) is -0.0220. The second-order valence-corrected chi connectivity index (χ2v) is 5.57. The maximum absolute atomic E-state index is 12.6. The van der Waals surface area contributed by atoms with Crippen molar-refractivity contribution in [3.8, 4) is 0 Å². The lowest BCUT2D eigenvalue weighted by molar-refractivity contribution is 0.0726. The quantitative estimate of drug-likeness (QED) is 0.913. The van der Waals surface area contributed by atoms with Crippen LogP contribution >= 0.6 is 11.3 Å². The minimum absolute atomic E-state index is 0.0220. The van der Waals surface area contributed by atoms with Crippen molar-refractivity contribution in [1.82, 2.24) is 14.7 Å². The number of nitrogen functional groups attached to an aromatic ring is 1. The monoisotopic (exact) mass is 276 g/mol. The van der Waals surface area contributed by atoms with Crippen LogP contribution in [0.25, 0.3) is 0 Å². The van der Waals surface area contributed by atoms with E-state index in [1.807, 2.05) is 4.90 Å². The lowest BCUT2D eigenvalue weighted by atomic mass is 10.1. The lowest BCUT2D eigenvalue weighted by Crippen LogP contribution is -2.32. The van der Waals surface area contributed by atoms with Crippen molar-refractivity contribution in [1.29, 1.82) is 0 Å². The molecular formula is C13H16N4OS. The Hall–Kier alpha value is -1.82. The number of likely N-dealkylation sites (tertiary alicyclic amines) is 1. The van der Waals surface area contributed by atoms with Gasteiger partial charge in [-0.25, -0.2) is 0 Å². The highest BCUT2D eigenvalue weighted by molar-refractivity contribution is 7.07. The maximum Gasteiger partial charge on any atom is 0.274 e. The van der Waals surface area contributed by atoms with Crippen molar-refractivity contribution < 1.29 is 4.79 Å². The van der Waals surface area contributed by atoms with Crippen LogP contribution in [0.4, 0.5) is 5.69 Å². The van der Waals surface area contributed by atoms with Crippen LogP contribution in [0.1, 0.15) is 34.9 Å². The fraction of sp³-hybridized carbons (Fsp3) is 0.385. The van der Waals surface area contributed by atoms with Gasteiger partial charge in [-0.3, -0.25) is 9.48 Å². The van der Waals surface area contributed by atoms with Crippen molar-refractivity contribution in [2.75, 3.05) is 12.3 Å². The molecule has 1 fully saturated rings. The highest BCUT2D eigenvalue weighted by Gasteiger charge is 2.32. The van der Waals surface area contributed by atoms with E-state index in [1.54, 1.807) is 23.1 Å². The van der Waals surface area contributed by atoms with Gasteiger partial charge in [0, 0.05) is 13.6 Å². The molecule has 19 heavy (non-hydrogen) atoms. The van der Waals surface area contributed by atoms with Crippen molar-refractivity contribution >= 4 is 22.9 Å². The topological polar surface area (TPSA) is 64.2 Å². The molecule has 6 heteroatoms. The van der Waals surface area contributed by atoms with Crippen LogP contribution in [-0.4, -0.2) is 27.1 Å². The van der Waals surface area contributed by atoms with Gasteiger partial charge in [0.2, 0.25) is 0 Å². The number of hydrogen-bond acceptors (Lipinski definition) is 4. The summed E-state index contributed by atoms with van der Waals surface area (Å²) in [4.78, 5) is 14.6. The zero-order valence-corrected chi connectivity index (χ0v) is 11.6. The van der Waals surface area contributed by atoms with E-state index in [0.29, 0.717) is 11.4 Å². The number of nitrogens with two attached hydrogens (primary N) is 1. The third-order valence-corrected chi connectivity index (χ3v) is 4.31. The number of amides is 1. The molecule has 2 aromatic heterocycles. The summed E-state index contributed by atoms with van der Waals surface area (Å²) in [6, 6.07) is 2.26. The Labute approximate surface area is 115 Å². The van der Waals surface area contributed by atoms with Crippen LogP contribution in [0.3, 0.4) is 0 Å². The Morgan fingerprint density at radius 2 is 2.42 bits per heavy atom. The Bertz CT molecular complexity index is 570. The highest BCUT2D eigenvalue weighted by atomic mass is 32.1.